The summed E-state index contributed by atoms with van der Waals surface area (Å²) in [6.45, 7) is 2.47. The van der Waals surface area contributed by atoms with Crippen LogP contribution < -0.4 is 9.47 Å². The lowest BCUT2D eigenvalue weighted by molar-refractivity contribution is 0.311. The summed E-state index contributed by atoms with van der Waals surface area (Å²) in [5.41, 5.74) is 1.68. The molecule has 2 N–H and O–H groups in total. The first-order chi connectivity index (χ1) is 11.2. The molecule has 0 radical (unpaired) electrons. The highest BCUT2D eigenvalue weighted by Crippen LogP contribution is 2.32. The van der Waals surface area contributed by atoms with E-state index >= 15 is 0 Å². The zero-order valence-electron chi connectivity index (χ0n) is 12.9. The third-order valence-corrected chi connectivity index (χ3v) is 3.35. The van der Waals surface area contributed by atoms with Crippen LogP contribution in [0.4, 0.5) is 0 Å². The van der Waals surface area contributed by atoms with E-state index in [0.717, 1.165) is 11.1 Å². The second-order valence-corrected chi connectivity index (χ2v) is 4.85. The minimum atomic E-state index is 0.213. The Bertz CT molecular complexity index is 797. The van der Waals surface area contributed by atoms with E-state index in [0.29, 0.717) is 29.8 Å². The van der Waals surface area contributed by atoms with Crippen LogP contribution in [-0.4, -0.2) is 34.0 Å². The molecule has 1 heterocycles. The molecule has 0 aliphatic heterocycles. The number of hydrogen-bond donors (Lipinski definition) is 2. The van der Waals surface area contributed by atoms with Crippen molar-refractivity contribution >= 4 is 0 Å². The summed E-state index contributed by atoms with van der Waals surface area (Å²) < 4.78 is 10.9. The van der Waals surface area contributed by atoms with Crippen LogP contribution in [0, 0.1) is 0 Å². The van der Waals surface area contributed by atoms with Crippen LogP contribution in [0.15, 0.2) is 42.5 Å². The summed E-state index contributed by atoms with van der Waals surface area (Å²) in [7, 11) is 1.60. The largest absolute Gasteiger partial charge is 0.508 e. The molecular formula is C17H17N3O3. The van der Waals surface area contributed by atoms with Crippen molar-refractivity contribution in [2.75, 3.05) is 13.7 Å². The Morgan fingerprint density at radius 1 is 1.04 bits per heavy atom. The highest BCUT2D eigenvalue weighted by Gasteiger charge is 2.11. The standard InChI is InChI=1S/C17H17N3O3/c1-3-23-15-10-12(6-9-14(15)22-2)17-18-16(19-20-17)11-4-7-13(21)8-5-11/h4-10,21H,3H2,1-2H3,(H,18,19,20). The van der Waals surface area contributed by atoms with E-state index < -0.39 is 0 Å². The van der Waals surface area contributed by atoms with Gasteiger partial charge < -0.3 is 14.6 Å². The third kappa shape index (κ3) is 3.11. The first-order valence-electron chi connectivity index (χ1n) is 7.24. The number of phenolic OH excluding ortho intramolecular Hbond substituents is 1. The molecule has 0 spiro atoms. The van der Waals surface area contributed by atoms with E-state index in [9.17, 15) is 5.11 Å². The molecule has 23 heavy (non-hydrogen) atoms. The number of phenols is 1. The Hall–Kier alpha value is -3.02. The Labute approximate surface area is 133 Å². The van der Waals surface area contributed by atoms with E-state index in [2.05, 4.69) is 15.2 Å². The van der Waals surface area contributed by atoms with Crippen molar-refractivity contribution in [3.05, 3.63) is 42.5 Å². The molecule has 118 valence electrons. The quantitative estimate of drug-likeness (QED) is 0.756. The van der Waals surface area contributed by atoms with Gasteiger partial charge in [0.2, 0.25) is 0 Å². The average Bonchev–Trinajstić information content (AvgIpc) is 3.06. The second-order valence-electron chi connectivity index (χ2n) is 4.85. The van der Waals surface area contributed by atoms with Gasteiger partial charge in [0.25, 0.3) is 0 Å². The fraction of sp³-hybridized carbons (Fsp3) is 0.176. The van der Waals surface area contributed by atoms with E-state index in [4.69, 9.17) is 9.47 Å². The Kier molecular flexibility index (Phi) is 4.14. The number of aromatic nitrogens is 3. The van der Waals surface area contributed by atoms with Gasteiger partial charge in [0.05, 0.1) is 13.7 Å². The van der Waals surface area contributed by atoms with E-state index in [1.54, 1.807) is 31.4 Å². The van der Waals surface area contributed by atoms with E-state index in [1.165, 1.54) is 0 Å². The highest BCUT2D eigenvalue weighted by atomic mass is 16.5. The van der Waals surface area contributed by atoms with Gasteiger partial charge in [0.15, 0.2) is 23.1 Å². The van der Waals surface area contributed by atoms with Crippen molar-refractivity contribution in [1.29, 1.82) is 0 Å². The molecule has 0 aliphatic carbocycles. The summed E-state index contributed by atoms with van der Waals surface area (Å²) >= 11 is 0. The Balaban J connectivity index is 1.93. The minimum absolute atomic E-state index is 0.213. The zero-order valence-corrected chi connectivity index (χ0v) is 12.9. The lowest BCUT2D eigenvalue weighted by atomic mass is 10.2. The monoisotopic (exact) mass is 311 g/mol. The molecule has 1 aromatic heterocycles. The molecule has 0 unspecified atom stereocenters. The first kappa shape index (κ1) is 14.9. The summed E-state index contributed by atoms with van der Waals surface area (Å²) in [5, 5.41) is 16.5. The molecular weight excluding hydrogens is 294 g/mol. The van der Waals surface area contributed by atoms with Gasteiger partial charge in [-0.1, -0.05) is 0 Å². The highest BCUT2D eigenvalue weighted by molar-refractivity contribution is 5.64. The fourth-order valence-electron chi connectivity index (χ4n) is 2.22. The predicted molar refractivity (Wildman–Crippen MR) is 86.6 cm³/mol. The number of rotatable bonds is 5. The summed E-state index contributed by atoms with van der Waals surface area (Å²) in [5.74, 6) is 2.74. The SMILES string of the molecule is CCOc1cc(-c2n[nH]c(-c3ccc(O)cc3)n2)ccc1OC. The van der Waals surface area contributed by atoms with Gasteiger partial charge in [-0.15, -0.1) is 0 Å². The number of H-pyrrole nitrogens is 1. The van der Waals surface area contributed by atoms with Crippen LogP contribution in [-0.2, 0) is 0 Å². The van der Waals surface area contributed by atoms with Crippen LogP contribution >= 0.6 is 0 Å². The number of methoxy groups -OCH3 is 1. The van der Waals surface area contributed by atoms with Crippen molar-refractivity contribution < 1.29 is 14.6 Å². The van der Waals surface area contributed by atoms with Gasteiger partial charge in [-0.25, -0.2) is 4.98 Å². The summed E-state index contributed by atoms with van der Waals surface area (Å²) in [6.07, 6.45) is 0. The van der Waals surface area contributed by atoms with Gasteiger partial charge in [0, 0.05) is 11.1 Å². The predicted octanol–water partition coefficient (Wildman–Crippen LogP) is 3.25. The molecule has 0 fully saturated rings. The number of aromatic amines is 1. The molecule has 0 aliphatic rings. The topological polar surface area (TPSA) is 80.3 Å². The fourth-order valence-corrected chi connectivity index (χ4v) is 2.22. The number of hydrogen-bond acceptors (Lipinski definition) is 5. The van der Waals surface area contributed by atoms with Gasteiger partial charge in [-0.3, -0.25) is 5.10 Å². The molecule has 0 amide bonds. The number of nitrogens with zero attached hydrogens (tertiary/aromatic N) is 2. The maximum Gasteiger partial charge on any atom is 0.181 e. The van der Waals surface area contributed by atoms with Crippen LogP contribution in [0.1, 0.15) is 6.92 Å². The maximum atomic E-state index is 9.35. The van der Waals surface area contributed by atoms with Crippen molar-refractivity contribution in [2.45, 2.75) is 6.92 Å². The van der Waals surface area contributed by atoms with Crippen molar-refractivity contribution in [3.8, 4) is 40.0 Å². The molecule has 2 aromatic carbocycles. The second kappa shape index (κ2) is 6.39. The van der Waals surface area contributed by atoms with Gasteiger partial charge >= 0.3 is 0 Å². The summed E-state index contributed by atoms with van der Waals surface area (Å²) in [6, 6.07) is 12.3. The van der Waals surface area contributed by atoms with Crippen molar-refractivity contribution in [2.24, 2.45) is 0 Å². The number of aromatic hydroxyl groups is 1. The molecule has 6 heteroatoms. The molecule has 0 bridgehead atoms. The molecule has 0 atom stereocenters. The van der Waals surface area contributed by atoms with Gasteiger partial charge in [-0.05, 0) is 49.4 Å². The van der Waals surface area contributed by atoms with Crippen LogP contribution in [0.5, 0.6) is 17.2 Å². The van der Waals surface area contributed by atoms with Crippen LogP contribution in [0.3, 0.4) is 0 Å². The van der Waals surface area contributed by atoms with Crippen molar-refractivity contribution in [3.63, 3.8) is 0 Å². The van der Waals surface area contributed by atoms with E-state index in [-0.39, 0.29) is 5.75 Å². The minimum Gasteiger partial charge on any atom is -0.508 e. The maximum absolute atomic E-state index is 9.35. The van der Waals surface area contributed by atoms with E-state index in [1.807, 2.05) is 25.1 Å². The van der Waals surface area contributed by atoms with Crippen LogP contribution in [0.25, 0.3) is 22.8 Å². The van der Waals surface area contributed by atoms with Gasteiger partial charge in [-0.2, -0.15) is 5.10 Å². The lowest BCUT2D eigenvalue weighted by Crippen LogP contribution is -1.96. The number of benzene rings is 2. The molecule has 0 saturated heterocycles. The normalized spacial score (nSPS) is 10.5. The molecule has 6 nitrogen and oxygen atoms in total. The van der Waals surface area contributed by atoms with Crippen molar-refractivity contribution in [1.82, 2.24) is 15.2 Å². The third-order valence-electron chi connectivity index (χ3n) is 3.35. The lowest BCUT2D eigenvalue weighted by Gasteiger charge is -2.09. The molecule has 0 saturated carbocycles. The van der Waals surface area contributed by atoms with Crippen LogP contribution in [0.2, 0.25) is 0 Å². The number of ether oxygens (including phenoxy) is 2. The Morgan fingerprint density at radius 3 is 2.48 bits per heavy atom. The average molecular weight is 311 g/mol. The smallest absolute Gasteiger partial charge is 0.181 e. The summed E-state index contributed by atoms with van der Waals surface area (Å²) in [4.78, 5) is 4.49. The number of nitrogens with one attached hydrogen (secondary N) is 1. The first-order valence-corrected chi connectivity index (χ1v) is 7.24. The Morgan fingerprint density at radius 2 is 1.78 bits per heavy atom. The molecule has 3 aromatic rings. The molecule has 3 rings (SSSR count). The van der Waals surface area contributed by atoms with Gasteiger partial charge in [0.1, 0.15) is 5.75 Å². The zero-order chi connectivity index (χ0) is 16.2.